The van der Waals surface area contributed by atoms with E-state index in [1.54, 1.807) is 12.1 Å². The van der Waals surface area contributed by atoms with Crippen LogP contribution in [0.4, 0.5) is 0 Å². The summed E-state index contributed by atoms with van der Waals surface area (Å²) < 4.78 is 0.824. The van der Waals surface area contributed by atoms with Crippen molar-refractivity contribution in [2.24, 2.45) is 0 Å². The molecule has 1 amide bonds. The minimum atomic E-state index is -0.944. The summed E-state index contributed by atoms with van der Waals surface area (Å²) in [6.45, 7) is 1.90. The fourth-order valence-corrected chi connectivity index (χ4v) is 3.63. The topological polar surface area (TPSA) is 57.6 Å². The highest BCUT2D eigenvalue weighted by atomic mass is 79.9. The zero-order valence-electron chi connectivity index (χ0n) is 9.72. The van der Waals surface area contributed by atoms with Gasteiger partial charge in [0.05, 0.1) is 5.88 Å². The lowest BCUT2D eigenvalue weighted by atomic mass is 10.1. The van der Waals surface area contributed by atoms with Gasteiger partial charge in [0.1, 0.15) is 6.04 Å². The highest BCUT2D eigenvalue weighted by molar-refractivity contribution is 9.10. The van der Waals surface area contributed by atoms with E-state index < -0.39 is 12.0 Å². The number of carbonyl (C=O) groups excluding carboxylic acids is 1. The normalized spacial score (nSPS) is 19.0. The smallest absolute Gasteiger partial charge is 0.327 e. The Labute approximate surface area is 117 Å². The molecule has 1 N–H and O–H groups in total. The van der Waals surface area contributed by atoms with Gasteiger partial charge in [-0.25, -0.2) is 4.79 Å². The molecule has 18 heavy (non-hydrogen) atoms. The van der Waals surface area contributed by atoms with Crippen LogP contribution in [0, 0.1) is 6.92 Å². The van der Waals surface area contributed by atoms with Crippen LogP contribution in [0.3, 0.4) is 0 Å². The lowest BCUT2D eigenvalue weighted by Crippen LogP contribution is -2.41. The SMILES string of the molecule is Cc1cc(Br)cc(C(=O)N2CSCC2C(=O)O)c1. The molecule has 1 fully saturated rings. The van der Waals surface area contributed by atoms with Crippen molar-refractivity contribution in [3.8, 4) is 0 Å². The minimum absolute atomic E-state index is 0.225. The molecule has 4 nitrogen and oxygen atoms in total. The quantitative estimate of drug-likeness (QED) is 0.904. The number of carbonyl (C=O) groups is 2. The molecular formula is C12H12BrNO3S. The van der Waals surface area contributed by atoms with Gasteiger partial charge in [-0.3, -0.25) is 4.79 Å². The van der Waals surface area contributed by atoms with E-state index in [4.69, 9.17) is 5.11 Å². The van der Waals surface area contributed by atoms with Gasteiger partial charge in [0.25, 0.3) is 5.91 Å². The van der Waals surface area contributed by atoms with Crippen LogP contribution < -0.4 is 0 Å². The van der Waals surface area contributed by atoms with Gasteiger partial charge in [-0.1, -0.05) is 15.9 Å². The fraction of sp³-hybridized carbons (Fsp3) is 0.333. The predicted octanol–water partition coefficient (Wildman–Crippen LogP) is 2.36. The monoisotopic (exact) mass is 329 g/mol. The van der Waals surface area contributed by atoms with Crippen LogP contribution in [0.25, 0.3) is 0 Å². The standard InChI is InChI=1S/C12H12BrNO3S/c1-7-2-8(4-9(13)3-7)11(15)14-6-18-5-10(14)12(16)17/h2-4,10H,5-6H2,1H3,(H,16,17). The molecule has 0 spiro atoms. The third kappa shape index (κ3) is 2.70. The Morgan fingerprint density at radius 1 is 1.44 bits per heavy atom. The number of hydrogen-bond acceptors (Lipinski definition) is 3. The number of carboxylic acid groups (broad SMARTS) is 1. The largest absolute Gasteiger partial charge is 0.480 e. The maximum atomic E-state index is 12.3. The highest BCUT2D eigenvalue weighted by Gasteiger charge is 2.35. The van der Waals surface area contributed by atoms with Gasteiger partial charge in [0, 0.05) is 15.8 Å². The number of amides is 1. The van der Waals surface area contributed by atoms with Crippen molar-refractivity contribution in [2.45, 2.75) is 13.0 Å². The average molecular weight is 330 g/mol. The number of nitrogens with zero attached hydrogens (tertiary/aromatic N) is 1. The van der Waals surface area contributed by atoms with Crippen LogP contribution in [0.1, 0.15) is 15.9 Å². The molecule has 1 aliphatic heterocycles. The van der Waals surface area contributed by atoms with Gasteiger partial charge in [0.2, 0.25) is 0 Å². The van der Waals surface area contributed by atoms with E-state index in [-0.39, 0.29) is 5.91 Å². The summed E-state index contributed by atoms with van der Waals surface area (Å²) in [6, 6.07) is 4.68. The van der Waals surface area contributed by atoms with Crippen molar-refractivity contribution in [3.05, 3.63) is 33.8 Å². The van der Waals surface area contributed by atoms with Crippen molar-refractivity contribution >= 4 is 39.6 Å². The van der Waals surface area contributed by atoms with Crippen molar-refractivity contribution in [1.82, 2.24) is 4.90 Å². The molecule has 1 atom stereocenters. The first-order chi connectivity index (χ1) is 8.49. The molecule has 1 aromatic carbocycles. The summed E-state index contributed by atoms with van der Waals surface area (Å²) in [7, 11) is 0. The molecule has 6 heteroatoms. The number of benzene rings is 1. The Morgan fingerprint density at radius 3 is 2.78 bits per heavy atom. The first-order valence-electron chi connectivity index (χ1n) is 5.38. The molecule has 0 aliphatic carbocycles. The molecule has 0 radical (unpaired) electrons. The number of carboxylic acids is 1. The molecule has 1 aromatic rings. The van der Waals surface area contributed by atoms with Gasteiger partial charge in [-0.05, 0) is 30.7 Å². The number of rotatable bonds is 2. The number of aliphatic carboxylic acids is 1. The number of thioether (sulfide) groups is 1. The van der Waals surface area contributed by atoms with Crippen molar-refractivity contribution in [1.29, 1.82) is 0 Å². The molecule has 96 valence electrons. The maximum absolute atomic E-state index is 12.3. The lowest BCUT2D eigenvalue weighted by molar-refractivity contribution is -0.140. The maximum Gasteiger partial charge on any atom is 0.327 e. The molecule has 0 bridgehead atoms. The summed E-state index contributed by atoms with van der Waals surface area (Å²) in [5, 5.41) is 9.07. The Morgan fingerprint density at radius 2 is 2.17 bits per heavy atom. The second-order valence-electron chi connectivity index (χ2n) is 4.15. The number of halogens is 1. The summed E-state index contributed by atoms with van der Waals surface area (Å²) >= 11 is 4.80. The fourth-order valence-electron chi connectivity index (χ4n) is 1.87. The van der Waals surface area contributed by atoms with Gasteiger partial charge in [-0.15, -0.1) is 11.8 Å². The van der Waals surface area contributed by atoms with Crippen LogP contribution in [0.5, 0.6) is 0 Å². The summed E-state index contributed by atoms with van der Waals surface area (Å²) in [4.78, 5) is 24.8. The predicted molar refractivity (Wildman–Crippen MR) is 73.8 cm³/mol. The molecule has 1 aliphatic rings. The van der Waals surface area contributed by atoms with E-state index in [1.165, 1.54) is 16.7 Å². The van der Waals surface area contributed by atoms with Crippen LogP contribution in [0.2, 0.25) is 0 Å². The van der Waals surface area contributed by atoms with E-state index in [9.17, 15) is 9.59 Å². The Bertz CT molecular complexity index is 486. The molecule has 1 unspecified atom stereocenters. The summed E-state index contributed by atoms with van der Waals surface area (Å²) in [6.07, 6.45) is 0. The van der Waals surface area contributed by atoms with Crippen molar-refractivity contribution in [2.75, 3.05) is 11.6 Å². The Kier molecular flexibility index (Phi) is 3.97. The third-order valence-electron chi connectivity index (χ3n) is 2.72. The second-order valence-corrected chi connectivity index (χ2v) is 6.06. The van der Waals surface area contributed by atoms with E-state index in [0.717, 1.165) is 10.0 Å². The molecule has 1 heterocycles. The zero-order chi connectivity index (χ0) is 13.3. The zero-order valence-corrected chi connectivity index (χ0v) is 12.1. The Hall–Kier alpha value is -1.01. The number of aryl methyl sites for hydroxylation is 1. The van der Waals surface area contributed by atoms with Gasteiger partial charge < -0.3 is 10.0 Å². The van der Waals surface area contributed by atoms with E-state index >= 15 is 0 Å². The summed E-state index contributed by atoms with van der Waals surface area (Å²) in [5.74, 6) is -0.285. The Balaban J connectivity index is 2.28. The van der Waals surface area contributed by atoms with Crippen molar-refractivity contribution in [3.63, 3.8) is 0 Å². The lowest BCUT2D eigenvalue weighted by Gasteiger charge is -2.20. The van der Waals surface area contributed by atoms with Crippen LogP contribution in [-0.2, 0) is 4.79 Å². The van der Waals surface area contributed by atoms with Crippen molar-refractivity contribution < 1.29 is 14.7 Å². The molecule has 1 saturated heterocycles. The van der Waals surface area contributed by atoms with E-state index in [0.29, 0.717) is 17.2 Å². The second kappa shape index (κ2) is 5.32. The minimum Gasteiger partial charge on any atom is -0.480 e. The first kappa shape index (κ1) is 13.4. The van der Waals surface area contributed by atoms with Crippen LogP contribution in [0.15, 0.2) is 22.7 Å². The van der Waals surface area contributed by atoms with Gasteiger partial charge in [0.15, 0.2) is 0 Å². The number of hydrogen-bond donors (Lipinski definition) is 1. The van der Waals surface area contributed by atoms with E-state index in [1.807, 2.05) is 13.0 Å². The summed E-state index contributed by atoms with van der Waals surface area (Å²) in [5.41, 5.74) is 1.49. The molecular weight excluding hydrogens is 318 g/mol. The van der Waals surface area contributed by atoms with Crippen LogP contribution >= 0.6 is 27.7 Å². The molecule has 2 rings (SSSR count). The van der Waals surface area contributed by atoms with E-state index in [2.05, 4.69) is 15.9 Å². The third-order valence-corrected chi connectivity index (χ3v) is 4.19. The average Bonchev–Trinajstić information content (AvgIpc) is 2.75. The molecule has 0 saturated carbocycles. The van der Waals surface area contributed by atoms with Gasteiger partial charge in [-0.2, -0.15) is 0 Å². The first-order valence-corrected chi connectivity index (χ1v) is 7.32. The highest BCUT2D eigenvalue weighted by Crippen LogP contribution is 2.25. The van der Waals surface area contributed by atoms with Gasteiger partial charge >= 0.3 is 5.97 Å². The van der Waals surface area contributed by atoms with Crippen LogP contribution in [-0.4, -0.2) is 39.6 Å². The molecule has 0 aromatic heterocycles.